The number of benzene rings is 2. The summed E-state index contributed by atoms with van der Waals surface area (Å²) in [5.41, 5.74) is 0.0284. The average Bonchev–Trinajstić information content (AvgIpc) is 3.02. The number of esters is 1. The molecule has 0 radical (unpaired) electrons. The van der Waals surface area contributed by atoms with Crippen molar-refractivity contribution in [2.24, 2.45) is 0 Å². The van der Waals surface area contributed by atoms with E-state index in [1.54, 1.807) is 25.1 Å². The molecule has 0 spiro atoms. The van der Waals surface area contributed by atoms with Crippen LogP contribution in [0.1, 0.15) is 17.3 Å². The predicted octanol–water partition coefficient (Wildman–Crippen LogP) is 2.54. The third-order valence-electron chi connectivity index (χ3n) is 3.41. The summed E-state index contributed by atoms with van der Waals surface area (Å²) < 4.78 is 32.7. The second-order valence-corrected chi connectivity index (χ2v) is 6.61. The number of carbonyl (C=O) groups excluding carboxylic acids is 1. The summed E-state index contributed by atoms with van der Waals surface area (Å²) in [6.07, 6.45) is 1.22. The van der Waals surface area contributed by atoms with Gasteiger partial charge in [-0.05, 0) is 18.4 Å². The van der Waals surface area contributed by atoms with Gasteiger partial charge in [0, 0.05) is 5.39 Å². The lowest BCUT2D eigenvalue weighted by atomic mass is 10.1. The van der Waals surface area contributed by atoms with Crippen molar-refractivity contribution in [3.05, 3.63) is 54.2 Å². The van der Waals surface area contributed by atoms with Crippen molar-refractivity contribution in [1.82, 2.24) is 10.2 Å². The molecule has 0 amide bonds. The number of anilines is 1. The number of nitrogens with zero attached hydrogens (tertiary/aromatic N) is 1. The highest BCUT2D eigenvalue weighted by atomic mass is 32.2. The molecule has 0 atom stereocenters. The minimum absolute atomic E-state index is 0.0265. The summed E-state index contributed by atoms with van der Waals surface area (Å²) in [5.74, 6) is -0.678. The first-order valence-corrected chi connectivity index (χ1v) is 8.72. The summed E-state index contributed by atoms with van der Waals surface area (Å²) in [6, 6.07) is 12.1. The molecular formula is C16H15N3O4S. The van der Waals surface area contributed by atoms with Crippen LogP contribution in [0.15, 0.2) is 53.6 Å². The van der Waals surface area contributed by atoms with Crippen molar-refractivity contribution in [1.29, 1.82) is 0 Å². The third kappa shape index (κ3) is 2.95. The number of rotatable bonds is 5. The van der Waals surface area contributed by atoms with Crippen LogP contribution in [0.5, 0.6) is 0 Å². The first-order chi connectivity index (χ1) is 11.5. The van der Waals surface area contributed by atoms with Gasteiger partial charge >= 0.3 is 5.97 Å². The molecule has 0 fully saturated rings. The van der Waals surface area contributed by atoms with E-state index in [4.69, 9.17) is 4.74 Å². The molecule has 24 heavy (non-hydrogen) atoms. The van der Waals surface area contributed by atoms with Crippen LogP contribution in [-0.2, 0) is 14.8 Å². The zero-order chi connectivity index (χ0) is 17.2. The molecule has 3 aromatic rings. The summed E-state index contributed by atoms with van der Waals surface area (Å²) in [7, 11) is -3.91. The van der Waals surface area contributed by atoms with Crippen LogP contribution in [0.3, 0.4) is 0 Å². The Kier molecular flexibility index (Phi) is 4.22. The molecule has 2 aromatic carbocycles. The summed E-state index contributed by atoms with van der Waals surface area (Å²) in [4.78, 5) is 12.0. The molecular weight excluding hydrogens is 330 g/mol. The largest absolute Gasteiger partial charge is 0.462 e. The van der Waals surface area contributed by atoms with E-state index in [2.05, 4.69) is 14.9 Å². The fraction of sp³-hybridized carbons (Fsp3) is 0.125. The highest BCUT2D eigenvalue weighted by Crippen LogP contribution is 2.25. The number of H-pyrrole nitrogens is 1. The number of sulfonamides is 1. The molecule has 0 aliphatic rings. The summed E-state index contributed by atoms with van der Waals surface area (Å²) in [5, 5.41) is 7.58. The Morgan fingerprint density at radius 2 is 1.96 bits per heavy atom. The van der Waals surface area contributed by atoms with Crippen LogP contribution >= 0.6 is 0 Å². The van der Waals surface area contributed by atoms with Crippen LogP contribution in [-0.4, -0.2) is 31.2 Å². The standard InChI is InChI=1S/C16H15N3O4S/c1-2-23-16(20)13-10-17-18-15(13)19-24(21,22)14-9-5-7-11-6-3-4-8-12(11)14/h3-10H,2H2,1H3,(H2,17,18,19). The first-order valence-electron chi connectivity index (χ1n) is 7.24. The number of nitrogens with one attached hydrogen (secondary N) is 2. The maximum Gasteiger partial charge on any atom is 0.343 e. The van der Waals surface area contributed by atoms with Gasteiger partial charge < -0.3 is 4.74 Å². The highest BCUT2D eigenvalue weighted by Gasteiger charge is 2.22. The summed E-state index contributed by atoms with van der Waals surface area (Å²) in [6.45, 7) is 1.84. The van der Waals surface area contributed by atoms with Crippen molar-refractivity contribution < 1.29 is 17.9 Å². The second-order valence-electron chi connectivity index (χ2n) is 4.96. The Bertz CT molecular complexity index is 990. The smallest absolute Gasteiger partial charge is 0.343 e. The molecule has 2 N–H and O–H groups in total. The molecule has 0 aliphatic heterocycles. The van der Waals surface area contributed by atoms with Gasteiger partial charge in [0.15, 0.2) is 0 Å². The number of aromatic amines is 1. The number of hydrogen-bond donors (Lipinski definition) is 2. The zero-order valence-corrected chi connectivity index (χ0v) is 13.6. The highest BCUT2D eigenvalue weighted by molar-refractivity contribution is 7.93. The minimum atomic E-state index is -3.91. The molecule has 0 saturated heterocycles. The Morgan fingerprint density at radius 3 is 2.75 bits per heavy atom. The predicted molar refractivity (Wildman–Crippen MR) is 89.3 cm³/mol. The van der Waals surface area contributed by atoms with Crippen LogP contribution in [0.25, 0.3) is 10.8 Å². The Morgan fingerprint density at radius 1 is 1.21 bits per heavy atom. The maximum atomic E-state index is 12.7. The molecule has 1 heterocycles. The normalized spacial score (nSPS) is 11.4. The lowest BCUT2D eigenvalue weighted by molar-refractivity contribution is 0.0527. The van der Waals surface area contributed by atoms with Gasteiger partial charge in [-0.15, -0.1) is 0 Å². The van der Waals surface area contributed by atoms with E-state index >= 15 is 0 Å². The van der Waals surface area contributed by atoms with Gasteiger partial charge in [-0.3, -0.25) is 9.82 Å². The fourth-order valence-corrected chi connectivity index (χ4v) is 3.61. The van der Waals surface area contributed by atoms with E-state index in [9.17, 15) is 13.2 Å². The van der Waals surface area contributed by atoms with Gasteiger partial charge in [0.25, 0.3) is 10.0 Å². The minimum Gasteiger partial charge on any atom is -0.462 e. The number of ether oxygens (including phenoxy) is 1. The van der Waals surface area contributed by atoms with E-state index in [0.717, 1.165) is 5.39 Å². The van der Waals surface area contributed by atoms with Gasteiger partial charge in [-0.2, -0.15) is 5.10 Å². The Labute approximate surface area is 138 Å². The average molecular weight is 345 g/mol. The number of carbonyl (C=O) groups is 1. The topological polar surface area (TPSA) is 101 Å². The number of fused-ring (bicyclic) bond motifs is 1. The van der Waals surface area contributed by atoms with Crippen LogP contribution in [0.2, 0.25) is 0 Å². The molecule has 3 rings (SSSR count). The molecule has 1 aromatic heterocycles. The molecule has 0 bridgehead atoms. The van der Waals surface area contributed by atoms with E-state index < -0.39 is 16.0 Å². The van der Waals surface area contributed by atoms with E-state index in [1.165, 1.54) is 12.3 Å². The van der Waals surface area contributed by atoms with E-state index in [1.807, 2.05) is 18.2 Å². The van der Waals surface area contributed by atoms with Gasteiger partial charge in [-0.1, -0.05) is 36.4 Å². The second kappa shape index (κ2) is 6.32. The molecule has 7 nitrogen and oxygen atoms in total. The quantitative estimate of drug-likeness (QED) is 0.692. The molecule has 8 heteroatoms. The first kappa shape index (κ1) is 16.0. The Balaban J connectivity index is 2.01. The summed E-state index contributed by atoms with van der Waals surface area (Å²) >= 11 is 0. The number of aromatic nitrogens is 2. The van der Waals surface area contributed by atoms with E-state index in [-0.39, 0.29) is 22.9 Å². The number of hydrogen-bond acceptors (Lipinski definition) is 5. The van der Waals surface area contributed by atoms with Crippen molar-refractivity contribution in [2.75, 3.05) is 11.3 Å². The Hall–Kier alpha value is -2.87. The lowest BCUT2D eigenvalue weighted by Gasteiger charge is -2.10. The van der Waals surface area contributed by atoms with Gasteiger partial charge in [0.1, 0.15) is 11.4 Å². The zero-order valence-electron chi connectivity index (χ0n) is 12.8. The molecule has 0 saturated carbocycles. The van der Waals surface area contributed by atoms with Crippen LogP contribution in [0.4, 0.5) is 5.82 Å². The van der Waals surface area contributed by atoms with Crippen molar-refractivity contribution in [3.63, 3.8) is 0 Å². The van der Waals surface area contributed by atoms with Crippen molar-refractivity contribution in [2.45, 2.75) is 11.8 Å². The third-order valence-corrected chi connectivity index (χ3v) is 4.82. The lowest BCUT2D eigenvalue weighted by Crippen LogP contribution is -2.16. The van der Waals surface area contributed by atoms with Crippen LogP contribution < -0.4 is 4.72 Å². The molecule has 124 valence electrons. The van der Waals surface area contributed by atoms with Crippen LogP contribution in [0, 0.1) is 0 Å². The maximum absolute atomic E-state index is 12.7. The monoisotopic (exact) mass is 345 g/mol. The van der Waals surface area contributed by atoms with Crippen molar-refractivity contribution in [3.8, 4) is 0 Å². The van der Waals surface area contributed by atoms with Gasteiger partial charge in [-0.25, -0.2) is 13.2 Å². The SMILES string of the molecule is CCOC(=O)c1cn[nH]c1NS(=O)(=O)c1cccc2ccccc12. The molecule has 0 unspecified atom stereocenters. The van der Waals surface area contributed by atoms with Gasteiger partial charge in [0.05, 0.1) is 17.7 Å². The van der Waals surface area contributed by atoms with Gasteiger partial charge in [0.2, 0.25) is 0 Å². The van der Waals surface area contributed by atoms with E-state index in [0.29, 0.717) is 5.39 Å². The molecule has 0 aliphatic carbocycles. The fourth-order valence-electron chi connectivity index (χ4n) is 2.35. The van der Waals surface area contributed by atoms with Crippen molar-refractivity contribution >= 4 is 32.6 Å².